The van der Waals surface area contributed by atoms with E-state index >= 15 is 0 Å². The van der Waals surface area contributed by atoms with Gasteiger partial charge in [-0.25, -0.2) is 0 Å². The average Bonchev–Trinajstić information content (AvgIpc) is 2.75. The number of hydrogen-bond acceptors (Lipinski definition) is 3. The maximum atomic E-state index is 5.92. The number of nitrogens with two attached hydrogens (primary N) is 1. The largest absolute Gasteiger partial charge is 0.329 e. The summed E-state index contributed by atoms with van der Waals surface area (Å²) < 4.78 is 0. The van der Waals surface area contributed by atoms with Gasteiger partial charge < -0.3 is 11.1 Å². The van der Waals surface area contributed by atoms with Crippen molar-refractivity contribution in [2.75, 3.05) is 18.8 Å². The molecule has 2 fully saturated rings. The topological polar surface area (TPSA) is 38.0 Å². The first-order valence-electron chi connectivity index (χ1n) is 5.74. The Bertz CT molecular complexity index is 209. The molecule has 1 heterocycles. The quantitative estimate of drug-likeness (QED) is 0.744. The summed E-state index contributed by atoms with van der Waals surface area (Å²) in [4.78, 5) is 0. The second-order valence-electron chi connectivity index (χ2n) is 4.98. The van der Waals surface area contributed by atoms with Gasteiger partial charge in [-0.05, 0) is 37.0 Å². The molecular formula is C11H22N2S. The monoisotopic (exact) mass is 214 g/mol. The number of thioether (sulfide) groups is 1. The van der Waals surface area contributed by atoms with Crippen LogP contribution in [0.2, 0.25) is 0 Å². The summed E-state index contributed by atoms with van der Waals surface area (Å²) in [6, 6.07) is 0. The van der Waals surface area contributed by atoms with Crippen LogP contribution in [-0.4, -0.2) is 29.6 Å². The smallest absolute Gasteiger partial charge is 0.0429 e. The van der Waals surface area contributed by atoms with Gasteiger partial charge >= 0.3 is 0 Å². The van der Waals surface area contributed by atoms with Crippen LogP contribution in [0.1, 0.15) is 26.7 Å². The highest BCUT2D eigenvalue weighted by Gasteiger charge is 2.41. The van der Waals surface area contributed by atoms with Gasteiger partial charge in [-0.1, -0.05) is 13.8 Å². The van der Waals surface area contributed by atoms with E-state index in [2.05, 4.69) is 30.9 Å². The van der Waals surface area contributed by atoms with Crippen molar-refractivity contribution in [3.05, 3.63) is 0 Å². The van der Waals surface area contributed by atoms with Gasteiger partial charge in [0.05, 0.1) is 0 Å². The molecule has 82 valence electrons. The molecule has 2 aliphatic rings. The zero-order valence-corrected chi connectivity index (χ0v) is 10.1. The van der Waals surface area contributed by atoms with E-state index in [1.807, 2.05) is 0 Å². The third-order valence-electron chi connectivity index (χ3n) is 4.05. The molecular weight excluding hydrogens is 192 g/mol. The van der Waals surface area contributed by atoms with Gasteiger partial charge in [0.2, 0.25) is 0 Å². The van der Waals surface area contributed by atoms with Crippen molar-refractivity contribution in [1.82, 2.24) is 5.32 Å². The molecule has 1 saturated carbocycles. The van der Waals surface area contributed by atoms with E-state index in [0.29, 0.717) is 5.25 Å². The molecule has 0 amide bonds. The highest BCUT2D eigenvalue weighted by Crippen LogP contribution is 2.39. The first-order valence-corrected chi connectivity index (χ1v) is 6.79. The third kappa shape index (κ3) is 1.95. The summed E-state index contributed by atoms with van der Waals surface area (Å²) in [7, 11) is 0. The van der Waals surface area contributed by atoms with Gasteiger partial charge in [-0.3, -0.25) is 0 Å². The molecule has 2 nitrogen and oxygen atoms in total. The lowest BCUT2D eigenvalue weighted by molar-refractivity contribution is 0.326. The Hall–Kier alpha value is 0.270. The van der Waals surface area contributed by atoms with Crippen LogP contribution in [0, 0.1) is 11.8 Å². The molecule has 2 rings (SSSR count). The van der Waals surface area contributed by atoms with E-state index in [0.717, 1.165) is 18.4 Å². The Morgan fingerprint density at radius 2 is 2.21 bits per heavy atom. The minimum atomic E-state index is 0.243. The molecule has 0 aromatic carbocycles. The van der Waals surface area contributed by atoms with Crippen molar-refractivity contribution in [2.45, 2.75) is 37.5 Å². The van der Waals surface area contributed by atoms with E-state index in [9.17, 15) is 0 Å². The lowest BCUT2D eigenvalue weighted by atomic mass is 9.92. The van der Waals surface area contributed by atoms with Crippen molar-refractivity contribution in [2.24, 2.45) is 17.6 Å². The lowest BCUT2D eigenvalue weighted by Gasteiger charge is -2.33. The number of hydrogen-bond donors (Lipinski definition) is 2. The van der Waals surface area contributed by atoms with Crippen LogP contribution in [0.5, 0.6) is 0 Å². The van der Waals surface area contributed by atoms with Crippen LogP contribution in [0.15, 0.2) is 0 Å². The molecule has 1 aliphatic carbocycles. The molecule has 0 spiro atoms. The molecule has 4 atom stereocenters. The second-order valence-corrected chi connectivity index (χ2v) is 6.43. The molecule has 3 N–H and O–H groups in total. The van der Waals surface area contributed by atoms with Crippen molar-refractivity contribution in [3.8, 4) is 0 Å². The number of rotatable bonds is 4. The van der Waals surface area contributed by atoms with Gasteiger partial charge in [0.25, 0.3) is 0 Å². The Morgan fingerprint density at radius 1 is 1.50 bits per heavy atom. The Labute approximate surface area is 91.4 Å². The van der Waals surface area contributed by atoms with Gasteiger partial charge in [0, 0.05) is 17.3 Å². The fraction of sp³-hybridized carbons (Fsp3) is 1.00. The second kappa shape index (κ2) is 4.03. The summed E-state index contributed by atoms with van der Waals surface area (Å²) in [5.74, 6) is 3.14. The molecule has 1 saturated heterocycles. The maximum Gasteiger partial charge on any atom is 0.0429 e. The SMILES string of the molecule is CC1CC1CNC1(CN)CCSC1C. The first-order chi connectivity index (χ1) is 6.68. The van der Waals surface area contributed by atoms with Gasteiger partial charge in [0.1, 0.15) is 0 Å². The molecule has 0 bridgehead atoms. The summed E-state index contributed by atoms with van der Waals surface area (Å²) in [6.45, 7) is 6.63. The molecule has 14 heavy (non-hydrogen) atoms. The van der Waals surface area contributed by atoms with Gasteiger partial charge in [-0.15, -0.1) is 0 Å². The van der Waals surface area contributed by atoms with Crippen LogP contribution >= 0.6 is 11.8 Å². The molecule has 3 heteroatoms. The van der Waals surface area contributed by atoms with E-state index in [1.165, 1.54) is 25.1 Å². The van der Waals surface area contributed by atoms with Crippen molar-refractivity contribution in [3.63, 3.8) is 0 Å². The van der Waals surface area contributed by atoms with E-state index in [1.54, 1.807) is 0 Å². The van der Waals surface area contributed by atoms with Crippen LogP contribution in [0.25, 0.3) is 0 Å². The maximum absolute atomic E-state index is 5.92. The van der Waals surface area contributed by atoms with Crippen LogP contribution < -0.4 is 11.1 Å². The van der Waals surface area contributed by atoms with E-state index < -0.39 is 0 Å². The summed E-state index contributed by atoms with van der Waals surface area (Å²) in [5.41, 5.74) is 6.17. The standard InChI is InChI=1S/C11H22N2S/c1-8-5-10(8)6-13-11(7-12)3-4-14-9(11)2/h8-10,13H,3-7,12H2,1-2H3. The lowest BCUT2D eigenvalue weighted by Crippen LogP contribution is -2.55. The predicted octanol–water partition coefficient (Wildman–Crippen LogP) is 1.45. The molecule has 0 radical (unpaired) electrons. The fourth-order valence-corrected chi connectivity index (χ4v) is 3.82. The predicted molar refractivity (Wildman–Crippen MR) is 63.6 cm³/mol. The van der Waals surface area contributed by atoms with Gasteiger partial charge in [-0.2, -0.15) is 11.8 Å². The van der Waals surface area contributed by atoms with Gasteiger partial charge in [0.15, 0.2) is 0 Å². The normalized spacial score (nSPS) is 46.9. The van der Waals surface area contributed by atoms with Crippen molar-refractivity contribution >= 4 is 11.8 Å². The fourth-order valence-electron chi connectivity index (χ4n) is 2.37. The highest BCUT2D eigenvalue weighted by molar-refractivity contribution is 8.00. The van der Waals surface area contributed by atoms with E-state index in [4.69, 9.17) is 5.73 Å². The Kier molecular flexibility index (Phi) is 3.10. The van der Waals surface area contributed by atoms with Crippen LogP contribution in [0.3, 0.4) is 0 Å². The molecule has 4 unspecified atom stereocenters. The first kappa shape index (κ1) is 10.8. The Morgan fingerprint density at radius 3 is 2.64 bits per heavy atom. The zero-order chi connectivity index (χ0) is 10.2. The molecule has 0 aromatic rings. The third-order valence-corrected chi connectivity index (χ3v) is 5.44. The van der Waals surface area contributed by atoms with Crippen LogP contribution in [0.4, 0.5) is 0 Å². The summed E-state index contributed by atoms with van der Waals surface area (Å²) >= 11 is 2.06. The minimum Gasteiger partial charge on any atom is -0.329 e. The number of nitrogens with one attached hydrogen (secondary N) is 1. The van der Waals surface area contributed by atoms with Crippen molar-refractivity contribution in [1.29, 1.82) is 0 Å². The van der Waals surface area contributed by atoms with Crippen molar-refractivity contribution < 1.29 is 0 Å². The zero-order valence-electron chi connectivity index (χ0n) is 9.25. The minimum absolute atomic E-state index is 0.243. The Balaban J connectivity index is 1.85. The van der Waals surface area contributed by atoms with Crippen LogP contribution in [-0.2, 0) is 0 Å². The summed E-state index contributed by atoms with van der Waals surface area (Å²) in [5, 5.41) is 4.42. The van der Waals surface area contributed by atoms with E-state index in [-0.39, 0.29) is 5.54 Å². The molecule has 0 aromatic heterocycles. The summed E-state index contributed by atoms with van der Waals surface area (Å²) in [6.07, 6.45) is 2.66. The molecule has 1 aliphatic heterocycles. The average molecular weight is 214 g/mol. The highest BCUT2D eigenvalue weighted by atomic mass is 32.2.